The van der Waals surface area contributed by atoms with Crippen LogP contribution in [-0.2, 0) is 44.2 Å². The predicted molar refractivity (Wildman–Crippen MR) is 225 cm³/mol. The Labute approximate surface area is 340 Å². The third-order valence-corrected chi connectivity index (χ3v) is 17.6. The Morgan fingerprint density at radius 3 is 2.53 bits per heavy atom. The van der Waals surface area contributed by atoms with Gasteiger partial charge in [-0.15, -0.1) is 0 Å². The second-order valence-corrected chi connectivity index (χ2v) is 21.7. The molecule has 57 heavy (non-hydrogen) atoms. The molecule has 8 rings (SSSR count). The molecule has 0 saturated carbocycles. The average molecular weight is 807 g/mol. The molecule has 0 aliphatic carbocycles. The van der Waals surface area contributed by atoms with Crippen LogP contribution in [0.25, 0.3) is 0 Å². The number of nitrogens with one attached hydrogen (secondary N) is 2. The molecule has 12 heteroatoms. The number of nitrogens with zero attached hydrogens (tertiary/aromatic N) is 2. The lowest BCUT2D eigenvalue weighted by atomic mass is 9.82. The fourth-order valence-corrected chi connectivity index (χ4v) is 14.2. The van der Waals surface area contributed by atoms with Crippen molar-refractivity contribution >= 4 is 54.0 Å². The molecule has 10 nitrogen and oxygen atoms in total. The van der Waals surface area contributed by atoms with Gasteiger partial charge in [0.1, 0.15) is 5.75 Å². The van der Waals surface area contributed by atoms with Gasteiger partial charge in [-0.05, 0) is 90.5 Å². The number of hydrogen-bond donors (Lipinski definition) is 3. The first-order valence-electron chi connectivity index (χ1n) is 20.0. The number of halogens is 1. The van der Waals surface area contributed by atoms with Crippen molar-refractivity contribution in [1.82, 2.24) is 10.2 Å². The standard InChI is InChI=1S/C45H51ClN4O6Si/c1-28-42(57(3,4)36-17-15-35(55-2)16-18-36)40(24-41(52)49-26-31-11-6-5-10-30(31)22-34(49)27-51)56-45(28)37-23-32(46)14-19-39(37)50(44(45)54)25-29-9-7-12-33(21-29)48-43(53)38-13-8-20-47-38/h5-7,9-12,14-19,21,23,28,34,38,40,42,47,51H,8,13,20,22,24-27H2,1-4H3,(H,48,53)/t28-,34-,38+,40+,42-,45+/m0/s1. The molecule has 2 fully saturated rings. The minimum atomic E-state index is -2.55. The van der Waals surface area contributed by atoms with Crippen molar-refractivity contribution in [3.63, 3.8) is 0 Å². The van der Waals surface area contributed by atoms with Crippen LogP contribution in [0.5, 0.6) is 5.75 Å². The summed E-state index contributed by atoms with van der Waals surface area (Å²) in [6.45, 7) is 8.01. The van der Waals surface area contributed by atoms with Crippen LogP contribution in [-0.4, -0.2) is 74.3 Å². The van der Waals surface area contributed by atoms with E-state index in [1.807, 2.05) is 66.7 Å². The SMILES string of the molecule is COc1ccc([Si](C)(C)[C@@H]2[C@@H](CC(=O)N3Cc4ccccc4C[C@H]3CO)O[C@]3(C(=O)N(Cc4cccc(NC(=O)[C@H]5CCCN5)c4)c4ccc(Cl)cc43)[C@H]2C)cc1. The number of benzene rings is 4. The van der Waals surface area contributed by atoms with E-state index in [0.717, 1.165) is 41.8 Å². The molecule has 0 bridgehead atoms. The van der Waals surface area contributed by atoms with Gasteiger partial charge in [-0.3, -0.25) is 14.4 Å². The van der Waals surface area contributed by atoms with Crippen LogP contribution in [0.1, 0.15) is 48.4 Å². The summed E-state index contributed by atoms with van der Waals surface area (Å²) in [5.74, 6) is 0.0448. The number of anilines is 2. The Morgan fingerprint density at radius 1 is 1.04 bits per heavy atom. The Kier molecular flexibility index (Phi) is 10.8. The zero-order valence-corrected chi connectivity index (χ0v) is 34.7. The molecule has 3 amide bonds. The van der Waals surface area contributed by atoms with E-state index < -0.39 is 19.8 Å². The first-order valence-corrected chi connectivity index (χ1v) is 23.4. The van der Waals surface area contributed by atoms with E-state index in [0.29, 0.717) is 34.9 Å². The third kappa shape index (κ3) is 7.07. The molecular weight excluding hydrogens is 756 g/mol. The second-order valence-electron chi connectivity index (χ2n) is 16.6. The van der Waals surface area contributed by atoms with Crippen LogP contribution in [0.3, 0.4) is 0 Å². The first kappa shape index (κ1) is 39.3. The van der Waals surface area contributed by atoms with E-state index in [9.17, 15) is 14.7 Å². The van der Waals surface area contributed by atoms with Gasteiger partial charge in [0.25, 0.3) is 5.91 Å². The van der Waals surface area contributed by atoms with Crippen LogP contribution in [0.2, 0.25) is 23.7 Å². The minimum Gasteiger partial charge on any atom is -0.497 e. The van der Waals surface area contributed by atoms with Crippen molar-refractivity contribution in [2.75, 3.05) is 30.5 Å². The lowest BCUT2D eigenvalue weighted by Crippen LogP contribution is -2.52. The highest BCUT2D eigenvalue weighted by Gasteiger charge is 2.66. The number of hydrogen-bond acceptors (Lipinski definition) is 7. The van der Waals surface area contributed by atoms with Gasteiger partial charge < -0.3 is 35.0 Å². The Hall–Kier alpha value is -4.52. The quantitative estimate of drug-likeness (QED) is 0.165. The number of aliphatic hydroxyl groups excluding tert-OH is 1. The summed E-state index contributed by atoms with van der Waals surface area (Å²) in [5, 5.41) is 18.4. The summed E-state index contributed by atoms with van der Waals surface area (Å²) in [6, 6.07) is 28.8. The molecule has 0 unspecified atom stereocenters. The molecule has 6 atom stereocenters. The van der Waals surface area contributed by atoms with Gasteiger partial charge in [0.2, 0.25) is 11.8 Å². The average Bonchev–Trinajstić information content (AvgIpc) is 3.91. The third-order valence-electron chi connectivity index (χ3n) is 13.0. The Balaban J connectivity index is 1.15. The van der Waals surface area contributed by atoms with Crippen LogP contribution >= 0.6 is 11.6 Å². The van der Waals surface area contributed by atoms with Gasteiger partial charge in [-0.25, -0.2) is 0 Å². The van der Waals surface area contributed by atoms with Gasteiger partial charge in [0, 0.05) is 28.7 Å². The monoisotopic (exact) mass is 806 g/mol. The predicted octanol–water partition coefficient (Wildman–Crippen LogP) is 6.14. The number of fused-ring (bicyclic) bond motifs is 3. The highest BCUT2D eigenvalue weighted by atomic mass is 35.5. The van der Waals surface area contributed by atoms with Gasteiger partial charge in [0.15, 0.2) is 5.60 Å². The van der Waals surface area contributed by atoms with E-state index in [2.05, 4.69) is 48.9 Å². The van der Waals surface area contributed by atoms with Crippen LogP contribution in [0.15, 0.2) is 91.0 Å². The summed E-state index contributed by atoms with van der Waals surface area (Å²) >= 11 is 6.74. The molecule has 298 valence electrons. The van der Waals surface area contributed by atoms with Crippen molar-refractivity contribution in [3.8, 4) is 5.75 Å². The number of ether oxygens (including phenoxy) is 2. The lowest BCUT2D eigenvalue weighted by molar-refractivity contribution is -0.151. The van der Waals surface area contributed by atoms with Gasteiger partial charge in [-0.2, -0.15) is 0 Å². The summed E-state index contributed by atoms with van der Waals surface area (Å²) in [5.41, 5.74) is 3.56. The van der Waals surface area contributed by atoms with E-state index in [4.69, 9.17) is 21.1 Å². The highest BCUT2D eigenvalue weighted by molar-refractivity contribution is 6.91. The molecule has 1 spiro atoms. The number of rotatable bonds is 10. The summed E-state index contributed by atoms with van der Waals surface area (Å²) in [6.07, 6.45) is 1.79. The summed E-state index contributed by atoms with van der Waals surface area (Å²) in [7, 11) is -0.898. The molecule has 4 aromatic rings. The molecule has 2 saturated heterocycles. The number of carbonyl (C=O) groups is 3. The normalized spacial score (nSPS) is 25.4. The van der Waals surface area contributed by atoms with Crippen LogP contribution < -0.4 is 25.5 Å². The fourth-order valence-electron chi connectivity index (χ4n) is 10.0. The maximum atomic E-state index is 15.4. The van der Waals surface area contributed by atoms with Crippen molar-refractivity contribution in [1.29, 1.82) is 0 Å². The van der Waals surface area contributed by atoms with E-state index in [1.165, 1.54) is 5.19 Å². The smallest absolute Gasteiger partial charge is 0.264 e. The van der Waals surface area contributed by atoms with E-state index in [1.54, 1.807) is 23.0 Å². The van der Waals surface area contributed by atoms with E-state index in [-0.39, 0.29) is 60.8 Å². The zero-order valence-electron chi connectivity index (χ0n) is 33.0. The van der Waals surface area contributed by atoms with Gasteiger partial charge in [0.05, 0.1) is 58.6 Å². The van der Waals surface area contributed by atoms with Crippen molar-refractivity contribution in [2.45, 2.75) is 88.1 Å². The molecule has 0 aromatic heterocycles. The molecular formula is C45H51ClN4O6Si. The molecule has 4 aromatic carbocycles. The molecule has 4 heterocycles. The second kappa shape index (κ2) is 15.7. The minimum absolute atomic E-state index is 0.0583. The summed E-state index contributed by atoms with van der Waals surface area (Å²) in [4.78, 5) is 46.5. The highest BCUT2D eigenvalue weighted by Crippen LogP contribution is 2.60. The lowest BCUT2D eigenvalue weighted by Gasteiger charge is -2.39. The number of amides is 3. The number of aliphatic hydroxyl groups is 1. The van der Waals surface area contributed by atoms with Gasteiger partial charge in [-0.1, -0.05) is 85.3 Å². The molecule has 4 aliphatic rings. The van der Waals surface area contributed by atoms with Crippen molar-refractivity contribution in [2.24, 2.45) is 5.92 Å². The zero-order chi connectivity index (χ0) is 40.1. The molecule has 3 N–H and O–H groups in total. The van der Waals surface area contributed by atoms with Crippen molar-refractivity contribution < 1.29 is 29.0 Å². The van der Waals surface area contributed by atoms with Crippen LogP contribution in [0.4, 0.5) is 11.4 Å². The molecule has 4 aliphatic heterocycles. The fraction of sp³-hybridized carbons (Fsp3) is 0.400. The van der Waals surface area contributed by atoms with Gasteiger partial charge >= 0.3 is 0 Å². The maximum absolute atomic E-state index is 15.4. The Morgan fingerprint density at radius 2 is 1.81 bits per heavy atom. The summed E-state index contributed by atoms with van der Waals surface area (Å²) < 4.78 is 12.8. The van der Waals surface area contributed by atoms with E-state index >= 15 is 4.79 Å². The largest absolute Gasteiger partial charge is 0.497 e. The van der Waals surface area contributed by atoms with Crippen molar-refractivity contribution in [3.05, 3.63) is 118 Å². The van der Waals surface area contributed by atoms with Crippen LogP contribution in [0, 0.1) is 5.92 Å². The molecule has 0 radical (unpaired) electrons. The maximum Gasteiger partial charge on any atom is 0.264 e. The number of methoxy groups -OCH3 is 1. The number of carbonyl (C=O) groups excluding carboxylic acids is 3. The Bertz CT molecular complexity index is 2180. The topological polar surface area (TPSA) is 120 Å². The first-order chi connectivity index (χ1) is 27.4.